The van der Waals surface area contributed by atoms with Gasteiger partial charge in [0.2, 0.25) is 0 Å². The van der Waals surface area contributed by atoms with Gasteiger partial charge in [0.1, 0.15) is 16.6 Å². The van der Waals surface area contributed by atoms with E-state index in [1.807, 2.05) is 19.1 Å². The van der Waals surface area contributed by atoms with Gasteiger partial charge in [0.15, 0.2) is 0 Å². The molecule has 0 aliphatic rings. The summed E-state index contributed by atoms with van der Waals surface area (Å²) in [7, 11) is 0. The van der Waals surface area contributed by atoms with E-state index >= 15 is 0 Å². The van der Waals surface area contributed by atoms with Crippen molar-refractivity contribution in [1.29, 1.82) is 5.41 Å². The molecule has 0 unspecified atom stereocenters. The topological polar surface area (TPSA) is 62.8 Å². The molecule has 0 spiro atoms. The molecule has 0 amide bonds. The fraction of sp³-hybridized carbons (Fsp3) is 0.143. The van der Waals surface area contributed by atoms with E-state index in [4.69, 9.17) is 11.1 Å². The maximum absolute atomic E-state index is 12.7. The van der Waals surface area contributed by atoms with Gasteiger partial charge < -0.3 is 5.73 Å². The largest absolute Gasteiger partial charge is 0.433 e. The Morgan fingerprint density at radius 1 is 1.24 bits per heavy atom. The predicted molar refractivity (Wildman–Crippen MR) is 75.6 cm³/mol. The number of aryl methyl sites for hydroxylation is 1. The molecule has 0 fully saturated rings. The van der Waals surface area contributed by atoms with Gasteiger partial charge in [0.05, 0.1) is 0 Å². The standard InChI is InChI=1S/C14H12F3N3S/c1-8-3-2-4-9(7-8)21-13-10(12(18)19)5-6-11(20-13)14(15,16)17/h2-7H,1H3,(H3,18,19). The molecule has 0 aliphatic carbocycles. The number of nitrogen functional groups attached to an aromatic ring is 1. The lowest BCUT2D eigenvalue weighted by molar-refractivity contribution is -0.141. The van der Waals surface area contributed by atoms with Gasteiger partial charge >= 0.3 is 6.18 Å². The van der Waals surface area contributed by atoms with Gasteiger partial charge in [0.25, 0.3) is 0 Å². The van der Waals surface area contributed by atoms with Crippen LogP contribution in [0.25, 0.3) is 0 Å². The molecule has 0 radical (unpaired) electrons. The third kappa shape index (κ3) is 3.75. The Bertz CT molecular complexity index is 683. The van der Waals surface area contributed by atoms with Gasteiger partial charge in [0, 0.05) is 10.5 Å². The first-order valence-corrected chi connectivity index (χ1v) is 6.76. The van der Waals surface area contributed by atoms with Crippen molar-refractivity contribution in [2.75, 3.05) is 0 Å². The number of benzene rings is 1. The van der Waals surface area contributed by atoms with Crippen LogP contribution < -0.4 is 5.73 Å². The van der Waals surface area contributed by atoms with Crippen LogP contribution in [0.1, 0.15) is 16.8 Å². The second kappa shape index (κ2) is 5.77. The summed E-state index contributed by atoms with van der Waals surface area (Å²) in [5, 5.41) is 7.53. The van der Waals surface area contributed by atoms with Crippen molar-refractivity contribution in [3.63, 3.8) is 0 Å². The van der Waals surface area contributed by atoms with Crippen molar-refractivity contribution in [2.24, 2.45) is 5.73 Å². The SMILES string of the molecule is Cc1cccc(Sc2nc(C(F)(F)F)ccc2C(=N)N)c1. The Balaban J connectivity index is 2.46. The maximum atomic E-state index is 12.7. The summed E-state index contributed by atoms with van der Waals surface area (Å²) < 4.78 is 38.2. The van der Waals surface area contributed by atoms with Crippen molar-refractivity contribution in [3.8, 4) is 0 Å². The smallest absolute Gasteiger partial charge is 0.384 e. The molecule has 1 heterocycles. The van der Waals surface area contributed by atoms with E-state index < -0.39 is 11.9 Å². The summed E-state index contributed by atoms with van der Waals surface area (Å²) in [6.45, 7) is 1.88. The number of hydrogen-bond acceptors (Lipinski definition) is 3. The van der Waals surface area contributed by atoms with Crippen molar-refractivity contribution in [1.82, 2.24) is 4.98 Å². The van der Waals surface area contributed by atoms with Crippen LogP contribution in [0.4, 0.5) is 13.2 Å². The van der Waals surface area contributed by atoms with E-state index in [2.05, 4.69) is 4.98 Å². The molecular weight excluding hydrogens is 299 g/mol. The molecule has 0 aliphatic heterocycles. The third-order valence-corrected chi connectivity index (χ3v) is 3.64. The summed E-state index contributed by atoms with van der Waals surface area (Å²) in [5.74, 6) is -0.314. The molecule has 3 nitrogen and oxygen atoms in total. The number of pyridine rings is 1. The molecule has 0 bridgehead atoms. The van der Waals surface area contributed by atoms with Crippen molar-refractivity contribution in [2.45, 2.75) is 23.0 Å². The number of nitrogens with one attached hydrogen (secondary N) is 1. The molecule has 1 aromatic heterocycles. The molecule has 3 N–H and O–H groups in total. The highest BCUT2D eigenvalue weighted by Crippen LogP contribution is 2.33. The minimum absolute atomic E-state index is 0.0722. The minimum Gasteiger partial charge on any atom is -0.384 e. The lowest BCUT2D eigenvalue weighted by atomic mass is 10.2. The Hall–Kier alpha value is -2.02. The lowest BCUT2D eigenvalue weighted by Crippen LogP contribution is -2.16. The number of halogens is 3. The molecule has 2 rings (SSSR count). The van der Waals surface area contributed by atoms with Crippen molar-refractivity contribution in [3.05, 3.63) is 53.2 Å². The average molecular weight is 311 g/mol. The summed E-state index contributed by atoms with van der Waals surface area (Å²) >= 11 is 1.06. The van der Waals surface area contributed by atoms with E-state index in [-0.39, 0.29) is 16.4 Å². The quantitative estimate of drug-likeness (QED) is 0.668. The second-order valence-corrected chi connectivity index (χ2v) is 5.44. The number of hydrogen-bond donors (Lipinski definition) is 2. The molecule has 0 saturated heterocycles. The fourth-order valence-electron chi connectivity index (χ4n) is 1.67. The van der Waals surface area contributed by atoms with Crippen molar-refractivity contribution < 1.29 is 13.2 Å². The number of nitrogens with zero attached hydrogens (tertiary/aromatic N) is 1. The van der Waals surface area contributed by atoms with Crippen LogP contribution in [0.15, 0.2) is 46.3 Å². The lowest BCUT2D eigenvalue weighted by Gasteiger charge is -2.11. The first-order chi connectivity index (χ1) is 9.77. The van der Waals surface area contributed by atoms with Crippen LogP contribution >= 0.6 is 11.8 Å². The van der Waals surface area contributed by atoms with E-state index in [0.29, 0.717) is 0 Å². The van der Waals surface area contributed by atoms with E-state index in [1.165, 1.54) is 6.07 Å². The number of aromatic nitrogens is 1. The van der Waals surface area contributed by atoms with Crippen LogP contribution in [0.5, 0.6) is 0 Å². The molecule has 1 aromatic carbocycles. The van der Waals surface area contributed by atoms with E-state index in [0.717, 1.165) is 28.3 Å². The van der Waals surface area contributed by atoms with Gasteiger partial charge in [-0.05, 0) is 31.2 Å². The first-order valence-electron chi connectivity index (χ1n) is 5.94. The van der Waals surface area contributed by atoms with Gasteiger partial charge in [-0.3, -0.25) is 5.41 Å². The zero-order valence-corrected chi connectivity index (χ0v) is 11.8. The Labute approximate surface area is 123 Å². The zero-order chi connectivity index (χ0) is 15.6. The molecule has 0 saturated carbocycles. The second-order valence-electron chi connectivity index (χ2n) is 4.38. The molecule has 2 aromatic rings. The molecule has 110 valence electrons. The highest BCUT2D eigenvalue weighted by molar-refractivity contribution is 7.99. The van der Waals surface area contributed by atoms with Gasteiger partial charge in [-0.1, -0.05) is 29.5 Å². The van der Waals surface area contributed by atoms with Crippen molar-refractivity contribution >= 4 is 17.6 Å². The Kier molecular flexibility index (Phi) is 4.22. The highest BCUT2D eigenvalue weighted by atomic mass is 32.2. The average Bonchev–Trinajstić information content (AvgIpc) is 2.37. The molecule has 7 heteroatoms. The third-order valence-electron chi connectivity index (χ3n) is 2.64. The van der Waals surface area contributed by atoms with Crippen LogP contribution in [0.2, 0.25) is 0 Å². The summed E-state index contributed by atoms with van der Waals surface area (Å²) in [4.78, 5) is 4.35. The number of nitrogens with two attached hydrogens (primary N) is 1. The van der Waals surface area contributed by atoms with E-state index in [9.17, 15) is 13.2 Å². The summed E-state index contributed by atoms with van der Waals surface area (Å²) in [5.41, 5.74) is 5.58. The summed E-state index contributed by atoms with van der Waals surface area (Å²) in [6, 6.07) is 9.29. The first kappa shape index (κ1) is 15.4. The van der Waals surface area contributed by atoms with Crippen LogP contribution in [0, 0.1) is 12.3 Å². The minimum atomic E-state index is -4.53. The van der Waals surface area contributed by atoms with Gasteiger partial charge in [-0.2, -0.15) is 13.2 Å². The number of alkyl halides is 3. The Morgan fingerprint density at radius 3 is 2.52 bits per heavy atom. The predicted octanol–water partition coefficient (Wildman–Crippen LogP) is 3.84. The normalized spacial score (nSPS) is 11.4. The van der Waals surface area contributed by atoms with Gasteiger partial charge in [-0.15, -0.1) is 0 Å². The van der Waals surface area contributed by atoms with E-state index in [1.54, 1.807) is 12.1 Å². The zero-order valence-electron chi connectivity index (χ0n) is 11.0. The summed E-state index contributed by atoms with van der Waals surface area (Å²) in [6.07, 6.45) is -4.53. The van der Waals surface area contributed by atoms with Crippen LogP contribution in [0.3, 0.4) is 0 Å². The van der Waals surface area contributed by atoms with Crippen LogP contribution in [-0.2, 0) is 6.18 Å². The van der Waals surface area contributed by atoms with Gasteiger partial charge in [-0.25, -0.2) is 4.98 Å². The molecule has 21 heavy (non-hydrogen) atoms. The van der Waals surface area contributed by atoms with Crippen LogP contribution in [-0.4, -0.2) is 10.8 Å². The maximum Gasteiger partial charge on any atom is 0.433 e. The molecular formula is C14H12F3N3S. The number of amidine groups is 1. The monoisotopic (exact) mass is 311 g/mol. The molecule has 0 atom stereocenters. The Morgan fingerprint density at radius 2 is 1.95 bits per heavy atom. The number of rotatable bonds is 3. The highest BCUT2D eigenvalue weighted by Gasteiger charge is 2.33. The fourth-order valence-corrected chi connectivity index (χ4v) is 2.72.